The van der Waals surface area contributed by atoms with Gasteiger partial charge in [0.15, 0.2) is 0 Å². The lowest BCUT2D eigenvalue weighted by atomic mass is 10.1. The van der Waals surface area contributed by atoms with Crippen molar-refractivity contribution in [2.75, 3.05) is 42.6 Å². The van der Waals surface area contributed by atoms with Gasteiger partial charge in [0.2, 0.25) is 5.91 Å². The van der Waals surface area contributed by atoms with E-state index in [2.05, 4.69) is 16.0 Å². The van der Waals surface area contributed by atoms with Crippen molar-refractivity contribution in [3.63, 3.8) is 0 Å². The molecule has 0 saturated carbocycles. The van der Waals surface area contributed by atoms with Gasteiger partial charge in [-0.3, -0.25) is 4.79 Å². The number of amides is 1. The quantitative estimate of drug-likeness (QED) is 0.830. The number of hydrogen-bond acceptors (Lipinski definition) is 5. The van der Waals surface area contributed by atoms with Gasteiger partial charge in [-0.15, -0.1) is 0 Å². The normalized spacial score (nSPS) is 21.3. The third-order valence-corrected chi connectivity index (χ3v) is 5.54. The van der Waals surface area contributed by atoms with E-state index in [1.165, 1.54) is 0 Å². The first-order chi connectivity index (χ1) is 11.1. The third-order valence-electron chi connectivity index (χ3n) is 4.60. The topological polar surface area (TPSA) is 60.2 Å². The zero-order valence-corrected chi connectivity index (χ0v) is 14.5. The summed E-state index contributed by atoms with van der Waals surface area (Å²) >= 11 is 1.91. The van der Waals surface area contributed by atoms with Gasteiger partial charge in [0.05, 0.1) is 11.5 Å². The predicted molar refractivity (Wildman–Crippen MR) is 92.7 cm³/mol. The number of carbonyl (C=O) groups excluding carboxylic acids is 1. The fourth-order valence-electron chi connectivity index (χ4n) is 3.38. The molecular formula is C17H22N4OS. The Morgan fingerprint density at radius 3 is 2.78 bits per heavy atom. The van der Waals surface area contributed by atoms with Crippen molar-refractivity contribution >= 4 is 23.5 Å². The van der Waals surface area contributed by atoms with Crippen LogP contribution in [0.2, 0.25) is 0 Å². The van der Waals surface area contributed by atoms with Gasteiger partial charge < -0.3 is 9.80 Å². The van der Waals surface area contributed by atoms with Crippen molar-refractivity contribution in [1.82, 2.24) is 9.88 Å². The molecule has 0 spiro atoms. The van der Waals surface area contributed by atoms with E-state index in [1.807, 2.05) is 36.6 Å². The first-order valence-electron chi connectivity index (χ1n) is 8.10. The second kappa shape index (κ2) is 6.79. The summed E-state index contributed by atoms with van der Waals surface area (Å²) in [6, 6.07) is 4.21. The summed E-state index contributed by atoms with van der Waals surface area (Å²) in [5.41, 5.74) is 2.51. The molecule has 0 aliphatic carbocycles. The van der Waals surface area contributed by atoms with Crippen LogP contribution in [0.4, 0.5) is 5.82 Å². The second-order valence-corrected chi connectivity index (χ2v) is 7.48. The van der Waals surface area contributed by atoms with Crippen molar-refractivity contribution in [3.8, 4) is 6.07 Å². The van der Waals surface area contributed by atoms with E-state index in [-0.39, 0.29) is 11.8 Å². The lowest BCUT2D eigenvalue weighted by Crippen LogP contribution is -2.42. The number of aromatic nitrogens is 1. The van der Waals surface area contributed by atoms with Crippen molar-refractivity contribution in [2.45, 2.75) is 20.3 Å². The molecular weight excluding hydrogens is 308 g/mol. The third kappa shape index (κ3) is 3.30. The van der Waals surface area contributed by atoms with Crippen LogP contribution in [0, 0.1) is 31.1 Å². The van der Waals surface area contributed by atoms with Crippen molar-refractivity contribution in [1.29, 1.82) is 5.26 Å². The number of thioether (sulfide) groups is 1. The molecule has 2 saturated heterocycles. The van der Waals surface area contributed by atoms with Crippen LogP contribution in [-0.2, 0) is 4.79 Å². The maximum absolute atomic E-state index is 12.7. The average molecular weight is 330 g/mol. The number of nitrogens with zero attached hydrogens (tertiary/aromatic N) is 4. The number of hydrogen-bond donors (Lipinski definition) is 0. The largest absolute Gasteiger partial charge is 0.355 e. The lowest BCUT2D eigenvalue weighted by molar-refractivity contribution is -0.134. The summed E-state index contributed by atoms with van der Waals surface area (Å²) < 4.78 is 0. The van der Waals surface area contributed by atoms with Crippen LogP contribution in [0.3, 0.4) is 0 Å². The molecule has 2 aliphatic rings. The zero-order valence-electron chi connectivity index (χ0n) is 13.7. The minimum absolute atomic E-state index is 0.0345. The summed E-state index contributed by atoms with van der Waals surface area (Å²) in [5, 5.41) is 9.44. The summed E-state index contributed by atoms with van der Waals surface area (Å²) in [4.78, 5) is 21.4. The highest BCUT2D eigenvalue weighted by molar-refractivity contribution is 7.99. The van der Waals surface area contributed by atoms with E-state index >= 15 is 0 Å². The molecule has 1 atom stereocenters. The Bertz CT molecular complexity index is 649. The molecule has 0 aromatic carbocycles. The molecule has 3 heterocycles. The summed E-state index contributed by atoms with van der Waals surface area (Å²) in [6.45, 7) is 7.09. The van der Waals surface area contributed by atoms with Crippen LogP contribution in [0.25, 0.3) is 0 Å². The molecule has 23 heavy (non-hydrogen) atoms. The van der Waals surface area contributed by atoms with Gasteiger partial charge in [-0.1, -0.05) is 0 Å². The maximum atomic E-state index is 12.7. The molecule has 1 unspecified atom stereocenters. The molecule has 1 aromatic heterocycles. The van der Waals surface area contributed by atoms with Crippen molar-refractivity contribution < 1.29 is 4.79 Å². The molecule has 0 N–H and O–H groups in total. The number of rotatable bonds is 2. The average Bonchev–Trinajstić information content (AvgIpc) is 3.04. The number of carbonyl (C=O) groups is 1. The van der Waals surface area contributed by atoms with E-state index in [4.69, 9.17) is 0 Å². The fraction of sp³-hybridized carbons (Fsp3) is 0.588. The molecule has 2 aliphatic heterocycles. The smallest absolute Gasteiger partial charge is 0.227 e. The lowest BCUT2D eigenvalue weighted by Gasteiger charge is -2.29. The summed E-state index contributed by atoms with van der Waals surface area (Å²) in [7, 11) is 0. The number of aryl methyl sites for hydroxylation is 2. The van der Waals surface area contributed by atoms with Crippen LogP contribution >= 0.6 is 11.8 Å². The number of nitriles is 1. The van der Waals surface area contributed by atoms with Crippen molar-refractivity contribution in [3.05, 3.63) is 22.9 Å². The van der Waals surface area contributed by atoms with Crippen LogP contribution in [0.5, 0.6) is 0 Å². The Hall–Kier alpha value is -1.74. The molecule has 1 amide bonds. The van der Waals surface area contributed by atoms with E-state index in [0.717, 1.165) is 54.6 Å². The Labute approximate surface area is 141 Å². The van der Waals surface area contributed by atoms with Gasteiger partial charge in [-0.2, -0.15) is 17.0 Å². The molecule has 0 bridgehead atoms. The minimum atomic E-state index is 0.0345. The van der Waals surface area contributed by atoms with E-state index in [1.54, 1.807) is 0 Å². The Morgan fingerprint density at radius 1 is 1.35 bits per heavy atom. The van der Waals surface area contributed by atoms with E-state index < -0.39 is 0 Å². The van der Waals surface area contributed by atoms with Gasteiger partial charge >= 0.3 is 0 Å². The van der Waals surface area contributed by atoms with Gasteiger partial charge in [0, 0.05) is 43.4 Å². The Kier molecular flexibility index (Phi) is 4.76. The standard InChI is InChI=1S/C17H22N4OS/c1-12-9-13(2)19-16(15(12)10-18)21-4-3-14(11-21)17(22)20-5-7-23-8-6-20/h9,14H,3-8,11H2,1-2H3. The molecule has 122 valence electrons. The molecule has 6 heteroatoms. The molecule has 5 nitrogen and oxygen atoms in total. The summed E-state index contributed by atoms with van der Waals surface area (Å²) in [6.07, 6.45) is 0.849. The first kappa shape index (κ1) is 16.1. The fourth-order valence-corrected chi connectivity index (χ4v) is 4.28. The predicted octanol–water partition coefficient (Wildman–Crippen LogP) is 1.97. The van der Waals surface area contributed by atoms with Gasteiger partial charge in [-0.25, -0.2) is 4.98 Å². The maximum Gasteiger partial charge on any atom is 0.227 e. The highest BCUT2D eigenvalue weighted by Crippen LogP contribution is 2.28. The number of anilines is 1. The SMILES string of the molecule is Cc1cc(C)c(C#N)c(N2CCC(C(=O)N3CCSCC3)C2)n1. The summed E-state index contributed by atoms with van der Waals surface area (Å²) in [5.74, 6) is 3.14. The monoisotopic (exact) mass is 330 g/mol. The molecule has 1 aromatic rings. The van der Waals surface area contributed by atoms with Gasteiger partial charge in [0.1, 0.15) is 11.9 Å². The van der Waals surface area contributed by atoms with Crippen molar-refractivity contribution in [2.24, 2.45) is 5.92 Å². The van der Waals surface area contributed by atoms with E-state index in [0.29, 0.717) is 12.1 Å². The van der Waals surface area contributed by atoms with Gasteiger partial charge in [0.25, 0.3) is 0 Å². The second-order valence-electron chi connectivity index (χ2n) is 6.26. The Balaban J connectivity index is 1.75. The van der Waals surface area contributed by atoms with Crippen LogP contribution < -0.4 is 4.90 Å². The van der Waals surface area contributed by atoms with Crippen LogP contribution in [-0.4, -0.2) is 53.5 Å². The van der Waals surface area contributed by atoms with Crippen LogP contribution in [0.1, 0.15) is 23.2 Å². The Morgan fingerprint density at radius 2 is 2.09 bits per heavy atom. The molecule has 3 rings (SSSR count). The van der Waals surface area contributed by atoms with Gasteiger partial charge in [-0.05, 0) is 31.9 Å². The highest BCUT2D eigenvalue weighted by Gasteiger charge is 2.33. The first-order valence-corrected chi connectivity index (χ1v) is 9.25. The van der Waals surface area contributed by atoms with E-state index in [9.17, 15) is 10.1 Å². The zero-order chi connectivity index (χ0) is 16.4. The molecule has 0 radical (unpaired) electrons. The highest BCUT2D eigenvalue weighted by atomic mass is 32.2. The molecule has 2 fully saturated rings. The van der Waals surface area contributed by atoms with Crippen LogP contribution in [0.15, 0.2) is 6.07 Å². The minimum Gasteiger partial charge on any atom is -0.355 e. The number of pyridine rings is 1.